The first-order valence-corrected chi connectivity index (χ1v) is 10.3. The molecule has 1 fully saturated rings. The first-order valence-electron chi connectivity index (χ1n) is 8.37. The van der Waals surface area contributed by atoms with Gasteiger partial charge in [-0.3, -0.25) is 0 Å². The smallest absolute Gasteiger partial charge is 0.393 e. The van der Waals surface area contributed by atoms with Crippen molar-refractivity contribution in [2.24, 2.45) is 0 Å². The number of aromatic nitrogens is 1. The normalized spacial score (nSPS) is 16.6. The van der Waals surface area contributed by atoms with E-state index in [9.17, 15) is 26.7 Å². The van der Waals surface area contributed by atoms with Crippen molar-refractivity contribution in [1.29, 1.82) is 0 Å². The summed E-state index contributed by atoms with van der Waals surface area (Å²) in [5, 5.41) is 9.67. The molecule has 0 atom stereocenters. The minimum Gasteiger partial charge on any atom is -0.393 e. The molecule has 0 radical (unpaired) electrons. The zero-order valence-electron chi connectivity index (χ0n) is 14.6. The van der Waals surface area contributed by atoms with Gasteiger partial charge in [0.05, 0.1) is 16.6 Å². The van der Waals surface area contributed by atoms with E-state index in [1.54, 1.807) is 4.90 Å². The second-order valence-corrected chi connectivity index (χ2v) is 8.59. The molecule has 5 nitrogen and oxygen atoms in total. The lowest BCUT2D eigenvalue weighted by atomic mass is 9.98. The van der Waals surface area contributed by atoms with Gasteiger partial charge < -0.3 is 10.0 Å². The first-order chi connectivity index (χ1) is 12.6. The average molecular weight is 400 g/mol. The van der Waals surface area contributed by atoms with Crippen molar-refractivity contribution in [3.8, 4) is 11.1 Å². The van der Waals surface area contributed by atoms with Crippen molar-refractivity contribution in [2.45, 2.75) is 30.0 Å². The molecular formula is C18H19F3N2O3S. The third-order valence-corrected chi connectivity index (χ3v) is 5.70. The fourth-order valence-electron chi connectivity index (χ4n) is 3.16. The highest BCUT2D eigenvalue weighted by Crippen LogP contribution is 2.42. The Morgan fingerprint density at radius 1 is 1.11 bits per heavy atom. The number of aliphatic hydroxyl groups is 1. The number of sulfone groups is 1. The standard InChI is InChI=1S/C18H19F3N2O3S/c1-27(25,26)14-4-2-12(3-5-14)16-15(18(19,20)21)6-9-22-17(16)23-10-7-13(24)8-11-23/h2-6,9,13,24H,7-8,10-11H2,1H3. The summed E-state index contributed by atoms with van der Waals surface area (Å²) in [5.74, 6) is 0.184. The molecule has 9 heteroatoms. The Hall–Kier alpha value is -2.13. The molecule has 0 unspecified atom stereocenters. The van der Waals surface area contributed by atoms with Gasteiger partial charge in [0.15, 0.2) is 9.84 Å². The predicted molar refractivity (Wildman–Crippen MR) is 95.2 cm³/mol. The Kier molecular flexibility index (Phi) is 5.18. The lowest BCUT2D eigenvalue weighted by molar-refractivity contribution is -0.137. The Morgan fingerprint density at radius 3 is 2.22 bits per heavy atom. The molecule has 3 rings (SSSR count). The SMILES string of the molecule is CS(=O)(=O)c1ccc(-c2c(C(F)(F)F)ccnc2N2CCC(O)CC2)cc1. The Morgan fingerprint density at radius 2 is 1.70 bits per heavy atom. The number of rotatable bonds is 3. The summed E-state index contributed by atoms with van der Waals surface area (Å²) in [6.07, 6.45) is -1.99. The summed E-state index contributed by atoms with van der Waals surface area (Å²) < 4.78 is 64.1. The summed E-state index contributed by atoms with van der Waals surface area (Å²) in [5.41, 5.74) is -0.670. The van der Waals surface area contributed by atoms with Crippen LogP contribution in [0.2, 0.25) is 0 Å². The van der Waals surface area contributed by atoms with Gasteiger partial charge in [0.1, 0.15) is 5.82 Å². The van der Waals surface area contributed by atoms with Gasteiger partial charge in [-0.15, -0.1) is 0 Å². The number of piperidine rings is 1. The fourth-order valence-corrected chi connectivity index (χ4v) is 3.79. The molecule has 2 heterocycles. The van der Waals surface area contributed by atoms with Crippen LogP contribution in [0, 0.1) is 0 Å². The molecular weight excluding hydrogens is 381 g/mol. The van der Waals surface area contributed by atoms with E-state index in [1.165, 1.54) is 24.3 Å². The number of hydrogen-bond acceptors (Lipinski definition) is 5. The zero-order chi connectivity index (χ0) is 19.8. The monoisotopic (exact) mass is 400 g/mol. The van der Waals surface area contributed by atoms with Crippen molar-refractivity contribution >= 4 is 15.7 Å². The fraction of sp³-hybridized carbons (Fsp3) is 0.389. The molecule has 1 aromatic carbocycles. The Labute approximate surface area is 155 Å². The molecule has 27 heavy (non-hydrogen) atoms. The van der Waals surface area contributed by atoms with Crippen molar-refractivity contribution < 1.29 is 26.7 Å². The highest BCUT2D eigenvalue weighted by molar-refractivity contribution is 7.90. The number of halogens is 3. The third-order valence-electron chi connectivity index (χ3n) is 4.57. The number of anilines is 1. The molecule has 0 saturated carbocycles. The Bertz CT molecular complexity index is 920. The van der Waals surface area contributed by atoms with Gasteiger partial charge in [0.25, 0.3) is 0 Å². The maximum atomic E-state index is 13.6. The minimum absolute atomic E-state index is 0.0337. The van der Waals surface area contributed by atoms with Gasteiger partial charge in [0, 0.05) is 31.1 Å². The number of pyridine rings is 1. The lowest BCUT2D eigenvalue weighted by Crippen LogP contribution is -2.36. The van der Waals surface area contributed by atoms with Crippen LogP contribution < -0.4 is 4.90 Å². The summed E-state index contributed by atoms with van der Waals surface area (Å²) in [6, 6.07) is 6.24. The van der Waals surface area contributed by atoms with Crippen LogP contribution in [0.4, 0.5) is 19.0 Å². The topological polar surface area (TPSA) is 70.5 Å². The quantitative estimate of drug-likeness (QED) is 0.857. The largest absolute Gasteiger partial charge is 0.417 e. The van der Waals surface area contributed by atoms with E-state index in [2.05, 4.69) is 4.98 Å². The molecule has 0 amide bonds. The van der Waals surface area contributed by atoms with Crippen LogP contribution in [0.3, 0.4) is 0 Å². The maximum Gasteiger partial charge on any atom is 0.417 e. The maximum absolute atomic E-state index is 13.6. The molecule has 146 valence electrons. The van der Waals surface area contributed by atoms with Crippen LogP contribution in [0.25, 0.3) is 11.1 Å². The van der Waals surface area contributed by atoms with Crippen molar-refractivity contribution in [3.63, 3.8) is 0 Å². The molecule has 1 aromatic heterocycles. The van der Waals surface area contributed by atoms with E-state index in [0.29, 0.717) is 25.9 Å². The van der Waals surface area contributed by atoms with Gasteiger partial charge in [-0.2, -0.15) is 13.2 Å². The summed E-state index contributed by atoms with van der Waals surface area (Å²) >= 11 is 0. The van der Waals surface area contributed by atoms with Crippen molar-refractivity contribution in [3.05, 3.63) is 42.1 Å². The van der Waals surface area contributed by atoms with E-state index in [4.69, 9.17) is 0 Å². The molecule has 0 bridgehead atoms. The predicted octanol–water partition coefficient (Wildman–Crippen LogP) is 3.13. The number of nitrogens with zero attached hydrogens (tertiary/aromatic N) is 2. The molecule has 0 aliphatic carbocycles. The second kappa shape index (κ2) is 7.12. The van der Waals surface area contributed by atoms with Crippen molar-refractivity contribution in [1.82, 2.24) is 4.98 Å². The first kappa shape index (κ1) is 19.6. The Balaban J connectivity index is 2.14. The molecule has 1 aliphatic rings. The average Bonchev–Trinajstić information content (AvgIpc) is 2.60. The van der Waals surface area contributed by atoms with E-state index in [-0.39, 0.29) is 21.8 Å². The van der Waals surface area contributed by atoms with Crippen molar-refractivity contribution in [2.75, 3.05) is 24.2 Å². The van der Waals surface area contributed by atoms with Gasteiger partial charge in [-0.05, 0) is 36.6 Å². The molecule has 1 saturated heterocycles. The van der Waals surface area contributed by atoms with E-state index < -0.39 is 27.7 Å². The van der Waals surface area contributed by atoms with Gasteiger partial charge in [-0.1, -0.05) is 12.1 Å². The third kappa shape index (κ3) is 4.24. The van der Waals surface area contributed by atoms with E-state index in [1.807, 2.05) is 0 Å². The minimum atomic E-state index is -4.59. The lowest BCUT2D eigenvalue weighted by Gasteiger charge is -2.32. The van der Waals surface area contributed by atoms with Gasteiger partial charge >= 0.3 is 6.18 Å². The number of aliphatic hydroxyl groups excluding tert-OH is 1. The highest BCUT2D eigenvalue weighted by Gasteiger charge is 2.36. The van der Waals surface area contributed by atoms with Crippen LogP contribution >= 0.6 is 0 Å². The summed E-state index contributed by atoms with van der Waals surface area (Å²) in [4.78, 5) is 5.93. The molecule has 1 aliphatic heterocycles. The number of alkyl halides is 3. The van der Waals surface area contributed by atoms with Crippen LogP contribution in [0.1, 0.15) is 18.4 Å². The second-order valence-electron chi connectivity index (χ2n) is 6.57. The van der Waals surface area contributed by atoms with Crippen LogP contribution in [-0.4, -0.2) is 44.0 Å². The van der Waals surface area contributed by atoms with E-state index >= 15 is 0 Å². The van der Waals surface area contributed by atoms with Gasteiger partial charge in [-0.25, -0.2) is 13.4 Å². The van der Waals surface area contributed by atoms with E-state index in [0.717, 1.165) is 18.5 Å². The van der Waals surface area contributed by atoms with Crippen LogP contribution in [0.15, 0.2) is 41.4 Å². The van der Waals surface area contributed by atoms with Crippen LogP contribution in [-0.2, 0) is 16.0 Å². The molecule has 0 spiro atoms. The number of hydrogen-bond donors (Lipinski definition) is 1. The molecule has 1 N–H and O–H groups in total. The van der Waals surface area contributed by atoms with Crippen LogP contribution in [0.5, 0.6) is 0 Å². The number of benzene rings is 1. The zero-order valence-corrected chi connectivity index (χ0v) is 15.4. The highest BCUT2D eigenvalue weighted by atomic mass is 32.2. The van der Waals surface area contributed by atoms with Gasteiger partial charge in [0.2, 0.25) is 0 Å². The molecule has 2 aromatic rings. The summed E-state index contributed by atoms with van der Waals surface area (Å²) in [6.45, 7) is 0.786. The summed E-state index contributed by atoms with van der Waals surface area (Å²) in [7, 11) is -3.45.